The van der Waals surface area contributed by atoms with E-state index < -0.39 is 6.10 Å². The molecule has 5 heteroatoms. The predicted molar refractivity (Wildman–Crippen MR) is 133 cm³/mol. The van der Waals surface area contributed by atoms with E-state index in [0.717, 1.165) is 24.0 Å². The fourth-order valence-electron chi connectivity index (χ4n) is 4.00. The van der Waals surface area contributed by atoms with Crippen molar-refractivity contribution in [1.82, 2.24) is 9.97 Å². The molecule has 2 N–H and O–H groups in total. The van der Waals surface area contributed by atoms with Crippen LogP contribution in [0, 0.1) is 0 Å². The van der Waals surface area contributed by atoms with Crippen molar-refractivity contribution in [2.45, 2.75) is 45.1 Å². The number of nitrogens with one attached hydrogen (secondary N) is 1. The molecule has 0 aliphatic carbocycles. The van der Waals surface area contributed by atoms with Crippen molar-refractivity contribution in [2.75, 3.05) is 6.61 Å². The standard InChI is InChI=1S/C28H30N2O3/c1-2-19-33-25-14-7-6-12-23(25)27-29-26-21(11-8-13-24(26)28(32)30-27)16-18-22(31)17-15-20-9-4-3-5-10-20/h3-14,22,31H,2,15-19H2,1H3,(H,29,30,32). The number of aliphatic hydroxyl groups excluding tert-OH is 1. The maximum atomic E-state index is 12.9. The van der Waals surface area contributed by atoms with Crippen LogP contribution in [0.4, 0.5) is 0 Å². The average Bonchev–Trinajstić information content (AvgIpc) is 2.85. The zero-order valence-corrected chi connectivity index (χ0v) is 19.0. The molecule has 0 amide bonds. The maximum absolute atomic E-state index is 12.9. The van der Waals surface area contributed by atoms with E-state index >= 15 is 0 Å². The van der Waals surface area contributed by atoms with Crippen LogP contribution in [-0.4, -0.2) is 27.8 Å². The van der Waals surface area contributed by atoms with Crippen LogP contribution in [0.25, 0.3) is 22.3 Å². The van der Waals surface area contributed by atoms with E-state index in [2.05, 4.69) is 24.0 Å². The van der Waals surface area contributed by atoms with Gasteiger partial charge in [0.05, 0.1) is 29.2 Å². The molecule has 1 heterocycles. The van der Waals surface area contributed by atoms with Crippen LogP contribution in [-0.2, 0) is 12.8 Å². The van der Waals surface area contributed by atoms with E-state index in [-0.39, 0.29) is 5.56 Å². The summed E-state index contributed by atoms with van der Waals surface area (Å²) in [6, 6.07) is 23.5. The molecule has 0 spiro atoms. The van der Waals surface area contributed by atoms with Crippen LogP contribution in [0.1, 0.15) is 37.3 Å². The van der Waals surface area contributed by atoms with Crippen LogP contribution >= 0.6 is 0 Å². The van der Waals surface area contributed by atoms with Gasteiger partial charge in [0.1, 0.15) is 11.6 Å². The maximum Gasteiger partial charge on any atom is 0.259 e. The third-order valence-corrected chi connectivity index (χ3v) is 5.78. The number of rotatable bonds is 10. The minimum absolute atomic E-state index is 0.174. The molecular formula is C28H30N2O3. The van der Waals surface area contributed by atoms with Gasteiger partial charge in [0.15, 0.2) is 0 Å². The Bertz CT molecular complexity index is 1250. The van der Waals surface area contributed by atoms with Crippen LogP contribution in [0.15, 0.2) is 77.6 Å². The predicted octanol–water partition coefficient (Wildman–Crippen LogP) is 5.31. The van der Waals surface area contributed by atoms with Crippen molar-refractivity contribution >= 4 is 10.9 Å². The molecule has 1 atom stereocenters. The van der Waals surface area contributed by atoms with Gasteiger partial charge >= 0.3 is 0 Å². The second kappa shape index (κ2) is 10.9. The number of aliphatic hydroxyl groups is 1. The largest absolute Gasteiger partial charge is 0.493 e. The van der Waals surface area contributed by atoms with E-state index in [1.54, 1.807) is 6.07 Å². The van der Waals surface area contributed by atoms with E-state index in [0.29, 0.717) is 48.3 Å². The number of aromatic nitrogens is 2. The fraction of sp³-hybridized carbons (Fsp3) is 0.286. The highest BCUT2D eigenvalue weighted by molar-refractivity contribution is 5.83. The summed E-state index contributed by atoms with van der Waals surface area (Å²) < 4.78 is 5.87. The second-order valence-corrected chi connectivity index (χ2v) is 8.29. The van der Waals surface area contributed by atoms with Gasteiger partial charge in [-0.3, -0.25) is 4.79 Å². The molecule has 33 heavy (non-hydrogen) atoms. The monoisotopic (exact) mass is 442 g/mol. The number of nitrogens with zero attached hydrogens (tertiary/aromatic N) is 1. The topological polar surface area (TPSA) is 75.2 Å². The van der Waals surface area contributed by atoms with Gasteiger partial charge in [0.25, 0.3) is 5.56 Å². The number of hydrogen-bond acceptors (Lipinski definition) is 4. The van der Waals surface area contributed by atoms with Crippen LogP contribution < -0.4 is 10.3 Å². The molecule has 0 aliphatic rings. The summed E-state index contributed by atoms with van der Waals surface area (Å²) in [6.45, 7) is 2.65. The summed E-state index contributed by atoms with van der Waals surface area (Å²) in [4.78, 5) is 20.6. The molecule has 0 fully saturated rings. The molecule has 5 nitrogen and oxygen atoms in total. The number of para-hydroxylation sites is 2. The molecule has 1 unspecified atom stereocenters. The van der Waals surface area contributed by atoms with Gasteiger partial charge < -0.3 is 14.8 Å². The highest BCUT2D eigenvalue weighted by atomic mass is 16.5. The highest BCUT2D eigenvalue weighted by Gasteiger charge is 2.14. The molecule has 170 valence electrons. The second-order valence-electron chi connectivity index (χ2n) is 8.29. The van der Waals surface area contributed by atoms with Gasteiger partial charge in [-0.05, 0) is 61.4 Å². The summed E-state index contributed by atoms with van der Waals surface area (Å²) >= 11 is 0. The number of ether oxygens (including phenoxy) is 1. The molecule has 1 aromatic heterocycles. The zero-order chi connectivity index (χ0) is 23.0. The first-order valence-electron chi connectivity index (χ1n) is 11.6. The normalized spacial score (nSPS) is 12.1. The van der Waals surface area contributed by atoms with E-state index in [4.69, 9.17) is 9.72 Å². The lowest BCUT2D eigenvalue weighted by atomic mass is 9.99. The number of H-pyrrole nitrogens is 1. The minimum atomic E-state index is -0.412. The van der Waals surface area contributed by atoms with Gasteiger partial charge in [-0.15, -0.1) is 0 Å². The molecule has 0 aliphatic heterocycles. The van der Waals surface area contributed by atoms with Gasteiger partial charge in [-0.1, -0.05) is 61.5 Å². The van der Waals surface area contributed by atoms with Crippen molar-refractivity contribution in [3.05, 3.63) is 94.3 Å². The summed E-state index contributed by atoms with van der Waals surface area (Å²) in [5, 5.41) is 11.1. The van der Waals surface area contributed by atoms with Gasteiger partial charge in [-0.2, -0.15) is 0 Å². The minimum Gasteiger partial charge on any atom is -0.493 e. The molecule has 4 aromatic rings. The number of aromatic amines is 1. The average molecular weight is 443 g/mol. The lowest BCUT2D eigenvalue weighted by molar-refractivity contribution is 0.155. The van der Waals surface area contributed by atoms with E-state index in [9.17, 15) is 9.90 Å². The third-order valence-electron chi connectivity index (χ3n) is 5.78. The van der Waals surface area contributed by atoms with E-state index in [1.807, 2.05) is 54.6 Å². The highest BCUT2D eigenvalue weighted by Crippen LogP contribution is 2.28. The molecular weight excluding hydrogens is 412 g/mol. The molecule has 3 aromatic carbocycles. The van der Waals surface area contributed by atoms with Crippen LogP contribution in [0.5, 0.6) is 5.75 Å². The fourth-order valence-corrected chi connectivity index (χ4v) is 4.00. The summed E-state index contributed by atoms with van der Waals surface area (Å²) in [6.07, 6.45) is 3.30. The molecule has 0 radical (unpaired) electrons. The summed E-state index contributed by atoms with van der Waals surface area (Å²) in [7, 11) is 0. The molecule has 0 saturated carbocycles. The summed E-state index contributed by atoms with van der Waals surface area (Å²) in [5.74, 6) is 1.20. The Morgan fingerprint density at radius 3 is 2.52 bits per heavy atom. The summed E-state index contributed by atoms with van der Waals surface area (Å²) in [5.41, 5.74) is 3.46. The van der Waals surface area contributed by atoms with Gasteiger partial charge in [0.2, 0.25) is 0 Å². The Labute approximate surface area is 194 Å². The van der Waals surface area contributed by atoms with Gasteiger partial charge in [0, 0.05) is 0 Å². The lowest BCUT2D eigenvalue weighted by Crippen LogP contribution is -2.13. The number of hydrogen-bond donors (Lipinski definition) is 2. The number of fused-ring (bicyclic) bond motifs is 1. The Morgan fingerprint density at radius 1 is 0.939 bits per heavy atom. The number of aryl methyl sites for hydroxylation is 2. The first-order chi connectivity index (χ1) is 16.2. The van der Waals surface area contributed by atoms with Crippen molar-refractivity contribution in [2.24, 2.45) is 0 Å². The van der Waals surface area contributed by atoms with Gasteiger partial charge in [-0.25, -0.2) is 4.98 Å². The lowest BCUT2D eigenvalue weighted by Gasteiger charge is -2.13. The van der Waals surface area contributed by atoms with Crippen molar-refractivity contribution in [1.29, 1.82) is 0 Å². The quantitative estimate of drug-likeness (QED) is 0.349. The van der Waals surface area contributed by atoms with Crippen molar-refractivity contribution < 1.29 is 9.84 Å². The Morgan fingerprint density at radius 2 is 1.70 bits per heavy atom. The Balaban J connectivity index is 1.56. The molecule has 0 saturated heterocycles. The molecule has 4 rings (SSSR count). The Hall–Kier alpha value is -3.44. The number of benzene rings is 3. The zero-order valence-electron chi connectivity index (χ0n) is 19.0. The Kier molecular flexibility index (Phi) is 7.53. The first kappa shape index (κ1) is 22.7. The van der Waals surface area contributed by atoms with Crippen LogP contribution in [0.2, 0.25) is 0 Å². The van der Waals surface area contributed by atoms with Crippen molar-refractivity contribution in [3.63, 3.8) is 0 Å². The third kappa shape index (κ3) is 5.68. The SMILES string of the molecule is CCCOc1ccccc1-c1nc2c(CCC(O)CCc3ccccc3)cccc2c(=O)[nH]1. The molecule has 0 bridgehead atoms. The van der Waals surface area contributed by atoms with Crippen LogP contribution in [0.3, 0.4) is 0 Å². The van der Waals surface area contributed by atoms with E-state index in [1.165, 1.54) is 5.56 Å². The van der Waals surface area contributed by atoms with Crippen molar-refractivity contribution in [3.8, 4) is 17.1 Å². The smallest absolute Gasteiger partial charge is 0.259 e. The first-order valence-corrected chi connectivity index (χ1v) is 11.6.